The molecule has 0 fully saturated rings. The zero-order valence-corrected chi connectivity index (χ0v) is 9.59. The molecule has 0 aliphatic carbocycles. The minimum Gasteiger partial charge on any atom is -0.454 e. The number of halogens is 1. The zero-order valence-electron chi connectivity index (χ0n) is 8.00. The third kappa shape index (κ3) is 1.60. The summed E-state index contributed by atoms with van der Waals surface area (Å²) in [5.41, 5.74) is -0.0958. The normalized spacial score (nSPS) is 14.6. The summed E-state index contributed by atoms with van der Waals surface area (Å²) in [6, 6.07) is 3.61. The highest BCUT2D eigenvalue weighted by molar-refractivity contribution is 9.10. The maximum atomic E-state index is 9.87. The molecule has 4 heteroatoms. The number of hydrogen-bond donors (Lipinski definition) is 1. The molecule has 0 spiro atoms. The van der Waals surface area contributed by atoms with Gasteiger partial charge in [-0.3, -0.25) is 0 Å². The van der Waals surface area contributed by atoms with E-state index in [2.05, 4.69) is 15.9 Å². The first-order chi connectivity index (χ1) is 6.48. The Morgan fingerprint density at radius 2 is 1.86 bits per heavy atom. The molecule has 0 bridgehead atoms. The van der Waals surface area contributed by atoms with Gasteiger partial charge in [0.25, 0.3) is 0 Å². The van der Waals surface area contributed by atoms with E-state index in [1.165, 1.54) is 0 Å². The number of aliphatic hydroxyl groups is 1. The lowest BCUT2D eigenvalue weighted by atomic mass is 9.98. The van der Waals surface area contributed by atoms with E-state index in [4.69, 9.17) is 9.47 Å². The second kappa shape index (κ2) is 3.14. The molecule has 1 aromatic carbocycles. The lowest BCUT2D eigenvalue weighted by molar-refractivity contribution is 0.0775. The van der Waals surface area contributed by atoms with Crippen molar-refractivity contribution in [2.24, 2.45) is 0 Å². The molecule has 0 unspecified atom stereocenters. The van der Waals surface area contributed by atoms with Crippen LogP contribution in [-0.4, -0.2) is 11.9 Å². The van der Waals surface area contributed by atoms with Crippen LogP contribution in [0.3, 0.4) is 0 Å². The molecule has 0 amide bonds. The van der Waals surface area contributed by atoms with Crippen molar-refractivity contribution in [1.29, 1.82) is 0 Å². The molecule has 0 saturated heterocycles. The van der Waals surface area contributed by atoms with E-state index in [0.29, 0.717) is 11.5 Å². The predicted molar refractivity (Wildman–Crippen MR) is 55.5 cm³/mol. The molecule has 3 nitrogen and oxygen atoms in total. The van der Waals surface area contributed by atoms with Gasteiger partial charge in [-0.25, -0.2) is 0 Å². The molecule has 2 rings (SSSR count). The Bertz CT molecular complexity index is 368. The number of fused-ring (bicyclic) bond motifs is 1. The molecular weight excluding hydrogens is 248 g/mol. The third-order valence-electron chi connectivity index (χ3n) is 2.12. The Morgan fingerprint density at radius 1 is 1.29 bits per heavy atom. The van der Waals surface area contributed by atoms with Crippen molar-refractivity contribution in [1.82, 2.24) is 0 Å². The van der Waals surface area contributed by atoms with Crippen LogP contribution < -0.4 is 9.47 Å². The zero-order chi connectivity index (χ0) is 10.3. The molecule has 1 N–H and O–H groups in total. The van der Waals surface area contributed by atoms with Gasteiger partial charge in [-0.15, -0.1) is 0 Å². The monoisotopic (exact) mass is 258 g/mol. The number of ether oxygens (including phenoxy) is 2. The number of rotatable bonds is 1. The highest BCUT2D eigenvalue weighted by Gasteiger charge is 2.24. The maximum Gasteiger partial charge on any atom is 0.231 e. The van der Waals surface area contributed by atoms with Crippen LogP contribution in [0.15, 0.2) is 16.6 Å². The summed E-state index contributed by atoms with van der Waals surface area (Å²) in [5.74, 6) is 1.40. The van der Waals surface area contributed by atoms with E-state index in [0.717, 1.165) is 10.0 Å². The lowest BCUT2D eigenvalue weighted by Crippen LogP contribution is -2.16. The SMILES string of the molecule is CC(C)(O)c1cc2c(cc1Br)OCO2. The summed E-state index contributed by atoms with van der Waals surface area (Å²) >= 11 is 3.39. The van der Waals surface area contributed by atoms with Gasteiger partial charge >= 0.3 is 0 Å². The first-order valence-corrected chi connectivity index (χ1v) is 5.10. The van der Waals surface area contributed by atoms with Gasteiger partial charge in [0, 0.05) is 10.0 Å². The fourth-order valence-corrected chi connectivity index (χ4v) is 2.19. The molecule has 0 radical (unpaired) electrons. The highest BCUT2D eigenvalue weighted by Crippen LogP contribution is 2.40. The average molecular weight is 259 g/mol. The van der Waals surface area contributed by atoms with Crippen molar-refractivity contribution in [2.45, 2.75) is 19.4 Å². The lowest BCUT2D eigenvalue weighted by Gasteiger charge is -2.19. The summed E-state index contributed by atoms with van der Waals surface area (Å²) < 4.78 is 11.3. The van der Waals surface area contributed by atoms with E-state index < -0.39 is 5.60 Å². The topological polar surface area (TPSA) is 38.7 Å². The van der Waals surface area contributed by atoms with E-state index in [9.17, 15) is 5.11 Å². The van der Waals surface area contributed by atoms with Crippen LogP contribution in [-0.2, 0) is 5.60 Å². The van der Waals surface area contributed by atoms with Crippen LogP contribution in [0.4, 0.5) is 0 Å². The molecule has 0 saturated carbocycles. The summed E-state index contributed by atoms with van der Waals surface area (Å²) in [6.07, 6.45) is 0. The van der Waals surface area contributed by atoms with Crippen molar-refractivity contribution < 1.29 is 14.6 Å². The fourth-order valence-electron chi connectivity index (χ4n) is 1.39. The Labute approximate surface area is 90.8 Å². The predicted octanol–water partition coefficient (Wildman–Crippen LogP) is 2.41. The van der Waals surface area contributed by atoms with Crippen LogP contribution in [0.5, 0.6) is 11.5 Å². The summed E-state index contributed by atoms with van der Waals surface area (Å²) in [5, 5.41) is 9.87. The molecule has 76 valence electrons. The Morgan fingerprint density at radius 3 is 2.43 bits per heavy atom. The van der Waals surface area contributed by atoms with Gasteiger partial charge in [-0.05, 0) is 26.0 Å². The van der Waals surface area contributed by atoms with Crippen LogP contribution in [0.2, 0.25) is 0 Å². The van der Waals surface area contributed by atoms with Gasteiger partial charge in [0.1, 0.15) is 0 Å². The summed E-state index contributed by atoms with van der Waals surface area (Å²) in [6.45, 7) is 3.71. The van der Waals surface area contributed by atoms with Crippen molar-refractivity contribution in [3.8, 4) is 11.5 Å². The summed E-state index contributed by atoms with van der Waals surface area (Å²) in [7, 11) is 0. The number of hydrogen-bond acceptors (Lipinski definition) is 3. The third-order valence-corrected chi connectivity index (χ3v) is 2.78. The Balaban J connectivity index is 2.53. The molecule has 14 heavy (non-hydrogen) atoms. The largest absolute Gasteiger partial charge is 0.454 e. The smallest absolute Gasteiger partial charge is 0.231 e. The first kappa shape index (κ1) is 9.80. The number of benzene rings is 1. The Hall–Kier alpha value is -0.740. The molecule has 1 aliphatic rings. The van der Waals surface area contributed by atoms with Crippen molar-refractivity contribution >= 4 is 15.9 Å². The van der Waals surface area contributed by atoms with Gasteiger partial charge in [0.2, 0.25) is 6.79 Å². The van der Waals surface area contributed by atoms with E-state index in [1.807, 2.05) is 6.07 Å². The second-order valence-electron chi connectivity index (χ2n) is 3.74. The van der Waals surface area contributed by atoms with Gasteiger partial charge in [-0.2, -0.15) is 0 Å². The average Bonchev–Trinajstić information content (AvgIpc) is 2.47. The van der Waals surface area contributed by atoms with Crippen LogP contribution >= 0.6 is 15.9 Å². The van der Waals surface area contributed by atoms with Crippen molar-refractivity contribution in [3.05, 3.63) is 22.2 Å². The molecular formula is C10H11BrO3. The van der Waals surface area contributed by atoms with Crippen LogP contribution in [0.1, 0.15) is 19.4 Å². The fraction of sp³-hybridized carbons (Fsp3) is 0.400. The van der Waals surface area contributed by atoms with E-state index in [1.54, 1.807) is 19.9 Å². The quantitative estimate of drug-likeness (QED) is 0.841. The first-order valence-electron chi connectivity index (χ1n) is 4.30. The van der Waals surface area contributed by atoms with Crippen LogP contribution in [0.25, 0.3) is 0 Å². The Kier molecular flexibility index (Phi) is 2.20. The second-order valence-corrected chi connectivity index (χ2v) is 4.60. The molecule has 0 aromatic heterocycles. The van der Waals surface area contributed by atoms with E-state index >= 15 is 0 Å². The minimum atomic E-state index is -0.889. The van der Waals surface area contributed by atoms with Gasteiger partial charge < -0.3 is 14.6 Å². The molecule has 1 aromatic rings. The molecule has 0 atom stereocenters. The van der Waals surface area contributed by atoms with Gasteiger partial charge in [-0.1, -0.05) is 15.9 Å². The summed E-state index contributed by atoms with van der Waals surface area (Å²) in [4.78, 5) is 0. The standard InChI is InChI=1S/C10H11BrO3/c1-10(2,12)6-3-8-9(4-7(6)11)14-5-13-8/h3-4,12H,5H2,1-2H3. The van der Waals surface area contributed by atoms with Gasteiger partial charge in [0.15, 0.2) is 11.5 Å². The molecule has 1 aliphatic heterocycles. The van der Waals surface area contributed by atoms with Crippen molar-refractivity contribution in [2.75, 3.05) is 6.79 Å². The van der Waals surface area contributed by atoms with E-state index in [-0.39, 0.29) is 6.79 Å². The highest BCUT2D eigenvalue weighted by atomic mass is 79.9. The maximum absolute atomic E-state index is 9.87. The molecule has 1 heterocycles. The van der Waals surface area contributed by atoms with Crippen LogP contribution in [0, 0.1) is 0 Å². The minimum absolute atomic E-state index is 0.247. The van der Waals surface area contributed by atoms with Crippen molar-refractivity contribution in [3.63, 3.8) is 0 Å². The van der Waals surface area contributed by atoms with Gasteiger partial charge in [0.05, 0.1) is 5.60 Å².